The van der Waals surface area contributed by atoms with Crippen molar-refractivity contribution in [1.29, 1.82) is 0 Å². The molecule has 0 bridgehead atoms. The van der Waals surface area contributed by atoms with Crippen LogP contribution < -0.4 is 5.32 Å². The molecule has 22 heavy (non-hydrogen) atoms. The lowest BCUT2D eigenvalue weighted by Crippen LogP contribution is -2.50. The first kappa shape index (κ1) is 14.8. The number of carbonyl (C=O) groups excluding carboxylic acids is 1. The van der Waals surface area contributed by atoms with E-state index in [1.807, 2.05) is 0 Å². The Morgan fingerprint density at radius 1 is 1.32 bits per heavy atom. The van der Waals surface area contributed by atoms with E-state index in [0.717, 1.165) is 24.8 Å². The van der Waals surface area contributed by atoms with Gasteiger partial charge in [-0.1, -0.05) is 18.6 Å². The van der Waals surface area contributed by atoms with Crippen LogP contribution in [0.25, 0.3) is 0 Å². The van der Waals surface area contributed by atoms with Crippen LogP contribution in [0.2, 0.25) is 0 Å². The fourth-order valence-corrected chi connectivity index (χ4v) is 2.89. The molecule has 0 spiro atoms. The summed E-state index contributed by atoms with van der Waals surface area (Å²) in [6.45, 7) is 0.0926. The minimum absolute atomic E-state index is 0.0926. The average Bonchev–Trinajstić information content (AvgIpc) is 3.00. The van der Waals surface area contributed by atoms with Gasteiger partial charge in [0, 0.05) is 0 Å². The highest BCUT2D eigenvalue weighted by atomic mass is 19.1. The lowest BCUT2D eigenvalue weighted by molar-refractivity contribution is -0.130. The van der Waals surface area contributed by atoms with Gasteiger partial charge < -0.3 is 14.8 Å². The van der Waals surface area contributed by atoms with Crippen LogP contribution in [0, 0.1) is 5.82 Å². The smallest absolute Gasteiger partial charge is 0.230 e. The third kappa shape index (κ3) is 2.64. The van der Waals surface area contributed by atoms with Crippen LogP contribution in [0.15, 0.2) is 47.1 Å². The van der Waals surface area contributed by atoms with Gasteiger partial charge in [-0.25, -0.2) is 4.39 Å². The predicted octanol–water partition coefficient (Wildman–Crippen LogP) is 2.69. The lowest BCUT2D eigenvalue weighted by atomic mass is 9.64. The Hall–Kier alpha value is -2.14. The Kier molecular flexibility index (Phi) is 3.98. The van der Waals surface area contributed by atoms with Gasteiger partial charge in [0.25, 0.3) is 0 Å². The number of hydrogen-bond donors (Lipinski definition) is 2. The van der Waals surface area contributed by atoms with Crippen molar-refractivity contribution in [2.75, 3.05) is 6.54 Å². The number of aliphatic hydroxyl groups excluding tert-OH is 1. The molecule has 2 aromatic rings. The molecule has 4 nitrogen and oxygen atoms in total. The van der Waals surface area contributed by atoms with E-state index in [2.05, 4.69) is 5.32 Å². The van der Waals surface area contributed by atoms with E-state index in [1.165, 1.54) is 18.4 Å². The molecule has 2 N–H and O–H groups in total. The van der Waals surface area contributed by atoms with Crippen molar-refractivity contribution in [2.45, 2.75) is 30.8 Å². The molecule has 1 atom stereocenters. The van der Waals surface area contributed by atoms with Gasteiger partial charge >= 0.3 is 0 Å². The van der Waals surface area contributed by atoms with Crippen LogP contribution in [0.4, 0.5) is 4.39 Å². The number of amides is 1. The van der Waals surface area contributed by atoms with E-state index < -0.39 is 11.5 Å². The summed E-state index contributed by atoms with van der Waals surface area (Å²) < 4.78 is 18.2. The number of furan rings is 1. The van der Waals surface area contributed by atoms with Gasteiger partial charge in [-0.05, 0) is 42.7 Å². The van der Waals surface area contributed by atoms with Crippen molar-refractivity contribution in [3.05, 3.63) is 59.8 Å². The Labute approximate surface area is 128 Å². The summed E-state index contributed by atoms with van der Waals surface area (Å²) in [6.07, 6.45) is 3.05. The highest BCUT2D eigenvalue weighted by molar-refractivity contribution is 5.89. The molecule has 1 fully saturated rings. The molecule has 1 aromatic carbocycles. The summed E-state index contributed by atoms with van der Waals surface area (Å²) in [5.74, 6) is -0.0208. The third-order valence-corrected chi connectivity index (χ3v) is 4.37. The zero-order valence-electron chi connectivity index (χ0n) is 12.1. The average molecular weight is 303 g/mol. The van der Waals surface area contributed by atoms with Gasteiger partial charge in [0.05, 0.1) is 18.2 Å². The van der Waals surface area contributed by atoms with Crippen molar-refractivity contribution in [1.82, 2.24) is 5.32 Å². The first-order chi connectivity index (χ1) is 10.6. The van der Waals surface area contributed by atoms with Gasteiger partial charge in [0.2, 0.25) is 5.91 Å². The summed E-state index contributed by atoms with van der Waals surface area (Å²) in [5.41, 5.74) is 0.224. The monoisotopic (exact) mass is 303 g/mol. The maximum atomic E-state index is 13.1. The number of hydrogen-bond acceptors (Lipinski definition) is 3. The second kappa shape index (κ2) is 5.93. The molecule has 1 heterocycles. The van der Waals surface area contributed by atoms with E-state index in [0.29, 0.717) is 5.76 Å². The summed E-state index contributed by atoms with van der Waals surface area (Å²) in [7, 11) is 0. The number of halogens is 1. The van der Waals surface area contributed by atoms with E-state index in [9.17, 15) is 14.3 Å². The number of aliphatic hydroxyl groups is 1. The zero-order valence-corrected chi connectivity index (χ0v) is 12.1. The molecular weight excluding hydrogens is 285 g/mol. The van der Waals surface area contributed by atoms with Crippen LogP contribution in [0.1, 0.15) is 36.7 Å². The predicted molar refractivity (Wildman–Crippen MR) is 78.6 cm³/mol. The van der Waals surface area contributed by atoms with E-state index in [1.54, 1.807) is 24.3 Å². The molecule has 1 aromatic heterocycles. The Bertz CT molecular complexity index is 632. The van der Waals surface area contributed by atoms with Gasteiger partial charge in [-0.15, -0.1) is 0 Å². The van der Waals surface area contributed by atoms with Crippen molar-refractivity contribution in [2.24, 2.45) is 0 Å². The summed E-state index contributed by atoms with van der Waals surface area (Å²) in [4.78, 5) is 12.6. The molecule has 0 saturated heterocycles. The first-order valence-corrected chi connectivity index (χ1v) is 7.38. The molecule has 0 aliphatic heterocycles. The number of rotatable bonds is 5. The van der Waals surface area contributed by atoms with Crippen molar-refractivity contribution in [3.63, 3.8) is 0 Å². The minimum Gasteiger partial charge on any atom is -0.467 e. The molecule has 1 amide bonds. The van der Waals surface area contributed by atoms with E-state index in [4.69, 9.17) is 4.42 Å². The number of carbonyl (C=O) groups is 1. The normalized spacial score (nSPS) is 17.5. The van der Waals surface area contributed by atoms with Crippen molar-refractivity contribution < 1.29 is 18.7 Å². The van der Waals surface area contributed by atoms with E-state index in [-0.39, 0.29) is 18.3 Å². The topological polar surface area (TPSA) is 62.5 Å². The van der Waals surface area contributed by atoms with Gasteiger partial charge in [-0.2, -0.15) is 0 Å². The Balaban J connectivity index is 1.68. The van der Waals surface area contributed by atoms with Gasteiger partial charge in [-0.3, -0.25) is 4.79 Å². The largest absolute Gasteiger partial charge is 0.467 e. The van der Waals surface area contributed by atoms with Crippen LogP contribution in [0.3, 0.4) is 0 Å². The second-order valence-electron chi connectivity index (χ2n) is 5.68. The van der Waals surface area contributed by atoms with Crippen molar-refractivity contribution >= 4 is 5.91 Å². The quantitative estimate of drug-likeness (QED) is 0.892. The first-order valence-electron chi connectivity index (χ1n) is 7.38. The molecule has 5 heteroatoms. The second-order valence-corrected chi connectivity index (χ2v) is 5.68. The highest BCUT2D eigenvalue weighted by Crippen LogP contribution is 2.44. The molecular formula is C17H18FNO3. The Morgan fingerprint density at radius 2 is 2.05 bits per heavy atom. The highest BCUT2D eigenvalue weighted by Gasteiger charge is 2.45. The zero-order chi connectivity index (χ0) is 15.6. The molecule has 116 valence electrons. The summed E-state index contributed by atoms with van der Waals surface area (Å²) in [5, 5.41) is 12.7. The molecule has 1 aliphatic carbocycles. The van der Waals surface area contributed by atoms with Crippen LogP contribution in [-0.4, -0.2) is 17.6 Å². The maximum absolute atomic E-state index is 13.1. The van der Waals surface area contributed by atoms with Crippen LogP contribution in [0.5, 0.6) is 0 Å². The molecule has 1 saturated carbocycles. The van der Waals surface area contributed by atoms with Gasteiger partial charge in [0.15, 0.2) is 0 Å². The Morgan fingerprint density at radius 3 is 2.59 bits per heavy atom. The summed E-state index contributed by atoms with van der Waals surface area (Å²) >= 11 is 0. The fourth-order valence-electron chi connectivity index (χ4n) is 2.89. The maximum Gasteiger partial charge on any atom is 0.230 e. The van der Waals surface area contributed by atoms with E-state index >= 15 is 0 Å². The molecule has 1 unspecified atom stereocenters. The van der Waals surface area contributed by atoms with Crippen LogP contribution >= 0.6 is 0 Å². The van der Waals surface area contributed by atoms with Crippen LogP contribution in [-0.2, 0) is 10.2 Å². The lowest BCUT2D eigenvalue weighted by Gasteiger charge is -2.40. The minimum atomic E-state index is -0.871. The molecule has 0 radical (unpaired) electrons. The number of nitrogens with one attached hydrogen (secondary N) is 1. The van der Waals surface area contributed by atoms with Crippen molar-refractivity contribution in [3.8, 4) is 0 Å². The standard InChI is InChI=1S/C17H18FNO3/c18-13-6-4-12(5-7-13)17(8-2-9-17)16(21)19-11-14(20)15-3-1-10-22-15/h1,3-7,10,14,20H,2,8-9,11H2,(H,19,21). The van der Waals surface area contributed by atoms with Gasteiger partial charge in [0.1, 0.15) is 17.7 Å². The number of benzene rings is 1. The third-order valence-electron chi connectivity index (χ3n) is 4.37. The molecule has 3 rings (SSSR count). The summed E-state index contributed by atoms with van der Waals surface area (Å²) in [6, 6.07) is 9.43. The SMILES string of the molecule is O=C(NCC(O)c1ccco1)C1(c2ccc(F)cc2)CCC1. The fraction of sp³-hybridized carbons (Fsp3) is 0.353. The molecule has 1 aliphatic rings.